The summed E-state index contributed by atoms with van der Waals surface area (Å²) < 4.78 is 5.15. The fraction of sp³-hybridized carbons (Fsp3) is 0.440. The van der Waals surface area contributed by atoms with Gasteiger partial charge in [0.2, 0.25) is 5.91 Å². The molecule has 1 aliphatic rings. The second-order valence-corrected chi connectivity index (χ2v) is 8.21. The number of anilines is 1. The molecule has 6 heteroatoms. The Morgan fingerprint density at radius 3 is 2.35 bits per heavy atom. The van der Waals surface area contributed by atoms with Gasteiger partial charge in [0.25, 0.3) is 0 Å². The average Bonchev–Trinajstić information content (AvgIpc) is 2.80. The van der Waals surface area contributed by atoms with E-state index in [2.05, 4.69) is 10.6 Å². The Kier molecular flexibility index (Phi) is 8.33. The molecule has 1 heterocycles. The molecule has 0 unspecified atom stereocenters. The summed E-state index contributed by atoms with van der Waals surface area (Å²) in [6.45, 7) is 4.24. The second-order valence-electron chi connectivity index (χ2n) is 8.21. The van der Waals surface area contributed by atoms with Crippen LogP contribution < -0.4 is 15.4 Å². The maximum absolute atomic E-state index is 12.4. The highest BCUT2D eigenvalue weighted by atomic mass is 16.5. The molecule has 0 aromatic heterocycles. The predicted octanol–water partition coefficient (Wildman–Crippen LogP) is 4.39. The van der Waals surface area contributed by atoms with E-state index in [-0.39, 0.29) is 11.9 Å². The molecule has 2 aromatic carbocycles. The molecule has 0 atom stereocenters. The third-order valence-corrected chi connectivity index (χ3v) is 5.88. The Morgan fingerprint density at radius 1 is 1.03 bits per heavy atom. The van der Waals surface area contributed by atoms with Gasteiger partial charge < -0.3 is 20.3 Å². The number of methoxy groups -OCH3 is 1. The Morgan fingerprint density at radius 2 is 1.71 bits per heavy atom. The highest BCUT2D eigenvalue weighted by molar-refractivity contribution is 5.89. The van der Waals surface area contributed by atoms with Gasteiger partial charge in [-0.1, -0.05) is 29.8 Å². The molecule has 0 aliphatic carbocycles. The van der Waals surface area contributed by atoms with Crippen molar-refractivity contribution < 1.29 is 14.3 Å². The van der Waals surface area contributed by atoms with Crippen LogP contribution in [0.4, 0.5) is 10.5 Å². The molecule has 2 N–H and O–H groups in total. The lowest BCUT2D eigenvalue weighted by Crippen LogP contribution is -2.41. The number of nitrogens with one attached hydrogen (secondary N) is 2. The molecular weight excluding hydrogens is 390 g/mol. The summed E-state index contributed by atoms with van der Waals surface area (Å²) in [4.78, 5) is 26.4. The van der Waals surface area contributed by atoms with Crippen LogP contribution in [-0.4, -0.2) is 43.6 Å². The largest absolute Gasteiger partial charge is 0.497 e. The maximum atomic E-state index is 12.4. The van der Waals surface area contributed by atoms with Crippen LogP contribution in [0.15, 0.2) is 48.5 Å². The zero-order chi connectivity index (χ0) is 22.1. The normalized spacial score (nSPS) is 14.2. The number of rotatable bonds is 8. The maximum Gasteiger partial charge on any atom is 0.321 e. The van der Waals surface area contributed by atoms with Crippen molar-refractivity contribution in [2.24, 2.45) is 5.92 Å². The number of benzene rings is 2. The molecule has 3 rings (SSSR count). The summed E-state index contributed by atoms with van der Waals surface area (Å²) in [7, 11) is 1.65. The van der Waals surface area contributed by atoms with Gasteiger partial charge in [0, 0.05) is 31.7 Å². The summed E-state index contributed by atoms with van der Waals surface area (Å²) >= 11 is 0. The first-order chi connectivity index (χ1) is 15.0. The van der Waals surface area contributed by atoms with E-state index in [0.29, 0.717) is 18.9 Å². The number of nitrogens with zero attached hydrogens (tertiary/aromatic N) is 1. The highest BCUT2D eigenvalue weighted by Crippen LogP contribution is 2.21. The Hall–Kier alpha value is -3.02. The van der Waals surface area contributed by atoms with Crippen molar-refractivity contribution in [3.05, 3.63) is 59.7 Å². The molecule has 166 valence electrons. The van der Waals surface area contributed by atoms with Crippen LogP contribution >= 0.6 is 0 Å². The number of piperidine rings is 1. The van der Waals surface area contributed by atoms with Crippen LogP contribution in [0.1, 0.15) is 36.8 Å². The van der Waals surface area contributed by atoms with Crippen LogP contribution in [0.2, 0.25) is 0 Å². The van der Waals surface area contributed by atoms with Crippen molar-refractivity contribution in [3.8, 4) is 5.75 Å². The van der Waals surface area contributed by atoms with Gasteiger partial charge in [-0.2, -0.15) is 0 Å². The first-order valence-electron chi connectivity index (χ1n) is 11.1. The second kappa shape index (κ2) is 11.4. The topological polar surface area (TPSA) is 70.7 Å². The van der Waals surface area contributed by atoms with Gasteiger partial charge in [0.05, 0.1) is 7.11 Å². The molecule has 0 radical (unpaired) electrons. The van der Waals surface area contributed by atoms with Crippen molar-refractivity contribution in [1.82, 2.24) is 10.2 Å². The number of carbonyl (C=O) groups excluding carboxylic acids is 2. The smallest absolute Gasteiger partial charge is 0.321 e. The predicted molar refractivity (Wildman–Crippen MR) is 123 cm³/mol. The van der Waals surface area contributed by atoms with Gasteiger partial charge in [-0.25, -0.2) is 4.79 Å². The molecule has 6 nitrogen and oxygen atoms in total. The minimum atomic E-state index is -0.0332. The van der Waals surface area contributed by atoms with Crippen LogP contribution in [0.25, 0.3) is 0 Å². The van der Waals surface area contributed by atoms with E-state index in [1.54, 1.807) is 7.11 Å². The average molecular weight is 424 g/mol. The fourth-order valence-electron chi connectivity index (χ4n) is 3.82. The van der Waals surface area contributed by atoms with Gasteiger partial charge >= 0.3 is 6.03 Å². The molecule has 0 saturated carbocycles. The van der Waals surface area contributed by atoms with E-state index in [1.165, 1.54) is 5.56 Å². The van der Waals surface area contributed by atoms with Gasteiger partial charge in [-0.05, 0) is 68.4 Å². The van der Waals surface area contributed by atoms with Crippen LogP contribution in [0, 0.1) is 12.8 Å². The molecule has 0 bridgehead atoms. The lowest BCUT2D eigenvalue weighted by molar-refractivity contribution is -0.121. The number of ether oxygens (including phenoxy) is 1. The van der Waals surface area contributed by atoms with Crippen molar-refractivity contribution >= 4 is 17.6 Å². The van der Waals surface area contributed by atoms with Gasteiger partial charge in [0.15, 0.2) is 0 Å². The number of hydrogen-bond acceptors (Lipinski definition) is 3. The molecule has 0 spiro atoms. The zero-order valence-corrected chi connectivity index (χ0v) is 18.5. The number of likely N-dealkylation sites (tertiary alicyclic amines) is 1. The van der Waals surface area contributed by atoms with E-state index >= 15 is 0 Å². The highest BCUT2D eigenvalue weighted by Gasteiger charge is 2.22. The number of urea groups is 1. The monoisotopic (exact) mass is 423 g/mol. The quantitative estimate of drug-likeness (QED) is 0.662. The van der Waals surface area contributed by atoms with Crippen molar-refractivity contribution in [2.75, 3.05) is 32.1 Å². The Bertz CT molecular complexity index is 841. The molecule has 1 saturated heterocycles. The molecule has 1 fully saturated rings. The first kappa shape index (κ1) is 22.7. The van der Waals surface area contributed by atoms with Crippen LogP contribution in [0.3, 0.4) is 0 Å². The lowest BCUT2D eigenvalue weighted by Gasteiger charge is -2.32. The minimum Gasteiger partial charge on any atom is -0.497 e. The Labute approximate surface area is 185 Å². The zero-order valence-electron chi connectivity index (χ0n) is 18.5. The standard InChI is InChI=1S/C25H33N3O3/c1-19-3-8-22(9-4-19)27-25(30)28-17-14-21(15-18-28)13-16-26-24(29)12-7-20-5-10-23(31-2)11-6-20/h3-6,8-11,21H,7,12-18H2,1-2H3,(H,26,29)(H,27,30). The summed E-state index contributed by atoms with van der Waals surface area (Å²) in [6.07, 6.45) is 4.13. The molecule has 2 aromatic rings. The van der Waals surface area contributed by atoms with E-state index in [0.717, 1.165) is 55.8 Å². The van der Waals surface area contributed by atoms with E-state index in [9.17, 15) is 9.59 Å². The fourth-order valence-corrected chi connectivity index (χ4v) is 3.82. The van der Waals surface area contributed by atoms with Crippen LogP contribution in [0.5, 0.6) is 5.75 Å². The summed E-state index contributed by atoms with van der Waals surface area (Å²) in [5, 5.41) is 6.01. The molecule has 1 aliphatic heterocycles. The molecular formula is C25H33N3O3. The minimum absolute atomic E-state index is 0.0332. The van der Waals surface area contributed by atoms with E-state index in [1.807, 2.05) is 60.4 Å². The summed E-state index contributed by atoms with van der Waals surface area (Å²) in [6, 6.07) is 15.6. The van der Waals surface area contributed by atoms with Crippen molar-refractivity contribution in [3.63, 3.8) is 0 Å². The summed E-state index contributed by atoms with van der Waals surface area (Å²) in [5.41, 5.74) is 3.13. The van der Waals surface area contributed by atoms with Gasteiger partial charge in [0.1, 0.15) is 5.75 Å². The molecule has 31 heavy (non-hydrogen) atoms. The van der Waals surface area contributed by atoms with Gasteiger partial charge in [-0.3, -0.25) is 4.79 Å². The lowest BCUT2D eigenvalue weighted by atomic mass is 9.93. The number of amides is 3. The third kappa shape index (κ3) is 7.31. The van der Waals surface area contributed by atoms with E-state index < -0.39 is 0 Å². The SMILES string of the molecule is COc1ccc(CCC(=O)NCCC2CCN(C(=O)Nc3ccc(C)cc3)CC2)cc1. The number of carbonyl (C=O) groups is 2. The Balaban J connectivity index is 1.29. The van der Waals surface area contributed by atoms with Crippen LogP contribution in [-0.2, 0) is 11.2 Å². The van der Waals surface area contributed by atoms with Crippen molar-refractivity contribution in [2.45, 2.75) is 39.0 Å². The van der Waals surface area contributed by atoms with Crippen molar-refractivity contribution in [1.29, 1.82) is 0 Å². The number of hydrogen-bond donors (Lipinski definition) is 2. The first-order valence-corrected chi connectivity index (χ1v) is 11.1. The molecule has 3 amide bonds. The summed E-state index contributed by atoms with van der Waals surface area (Å²) in [5.74, 6) is 1.46. The number of aryl methyl sites for hydroxylation is 2. The van der Waals surface area contributed by atoms with Gasteiger partial charge in [-0.15, -0.1) is 0 Å². The third-order valence-electron chi connectivity index (χ3n) is 5.88. The van der Waals surface area contributed by atoms with E-state index in [4.69, 9.17) is 4.74 Å².